The van der Waals surface area contributed by atoms with Crippen LogP contribution in [0.5, 0.6) is 0 Å². The fourth-order valence-electron chi connectivity index (χ4n) is 2.56. The Morgan fingerprint density at radius 2 is 2.05 bits per heavy atom. The van der Waals surface area contributed by atoms with Crippen LogP contribution < -0.4 is 10.2 Å². The fraction of sp³-hybridized carbons (Fsp3) is 0.467. The minimum atomic E-state index is -0.553. The largest absolute Gasteiger partial charge is 0.342 e. The van der Waals surface area contributed by atoms with Crippen molar-refractivity contribution in [2.45, 2.75) is 45.2 Å². The van der Waals surface area contributed by atoms with Gasteiger partial charge in [-0.3, -0.25) is 14.5 Å². The van der Waals surface area contributed by atoms with Gasteiger partial charge in [0, 0.05) is 5.69 Å². The van der Waals surface area contributed by atoms with Gasteiger partial charge in [-0.25, -0.2) is 4.39 Å². The first-order valence-corrected chi connectivity index (χ1v) is 7.87. The van der Waals surface area contributed by atoms with E-state index in [1.54, 1.807) is 0 Å². The molecule has 2 unspecified atom stereocenters. The lowest BCUT2D eigenvalue weighted by Crippen LogP contribution is -2.63. The summed E-state index contributed by atoms with van der Waals surface area (Å²) in [5, 5.41) is 2.78. The molecule has 0 spiro atoms. The number of piperazine rings is 1. The summed E-state index contributed by atoms with van der Waals surface area (Å²) in [6, 6.07) is 3.30. The molecule has 4 nitrogen and oxygen atoms in total. The number of nitrogens with one attached hydrogen (secondary N) is 1. The monoisotopic (exact) mass is 356 g/mol. The van der Waals surface area contributed by atoms with Crippen LogP contribution >= 0.6 is 15.9 Å². The molecule has 1 aliphatic heterocycles. The normalized spacial score (nSPS) is 22.4. The van der Waals surface area contributed by atoms with E-state index in [0.717, 1.165) is 6.42 Å². The molecule has 114 valence electrons. The minimum absolute atomic E-state index is 0.137. The average Bonchev–Trinajstić information content (AvgIpc) is 2.45. The van der Waals surface area contributed by atoms with Crippen molar-refractivity contribution in [2.24, 2.45) is 0 Å². The van der Waals surface area contributed by atoms with Gasteiger partial charge in [0.25, 0.3) is 0 Å². The number of amides is 2. The average molecular weight is 357 g/mol. The maximum atomic E-state index is 13.4. The molecule has 6 heteroatoms. The van der Waals surface area contributed by atoms with Crippen LogP contribution in [0.1, 0.15) is 33.1 Å². The Morgan fingerprint density at radius 1 is 1.33 bits per heavy atom. The van der Waals surface area contributed by atoms with Gasteiger partial charge in [0.05, 0.1) is 4.47 Å². The molecule has 2 atom stereocenters. The third-order valence-corrected chi connectivity index (χ3v) is 4.22. The van der Waals surface area contributed by atoms with E-state index in [4.69, 9.17) is 0 Å². The Labute approximate surface area is 131 Å². The van der Waals surface area contributed by atoms with Crippen LogP contribution in [0.4, 0.5) is 10.1 Å². The Balaban J connectivity index is 2.41. The number of carbonyl (C=O) groups is 2. The first-order chi connectivity index (χ1) is 9.99. The highest BCUT2D eigenvalue weighted by atomic mass is 79.9. The molecule has 21 heavy (non-hydrogen) atoms. The zero-order valence-corrected chi connectivity index (χ0v) is 13.6. The molecule has 0 radical (unpaired) electrons. The molecule has 1 fully saturated rings. The lowest BCUT2D eigenvalue weighted by molar-refractivity contribution is -0.134. The molecule has 0 saturated carbocycles. The smallest absolute Gasteiger partial charge is 0.250 e. The molecule has 1 N–H and O–H groups in total. The predicted octanol–water partition coefficient (Wildman–Crippen LogP) is 3.00. The Hall–Kier alpha value is -1.43. The first kappa shape index (κ1) is 15.9. The van der Waals surface area contributed by atoms with Crippen molar-refractivity contribution in [3.05, 3.63) is 28.5 Å². The summed E-state index contributed by atoms with van der Waals surface area (Å²) in [7, 11) is 0. The van der Waals surface area contributed by atoms with Crippen molar-refractivity contribution >= 4 is 33.4 Å². The van der Waals surface area contributed by atoms with Gasteiger partial charge in [-0.05, 0) is 47.0 Å². The van der Waals surface area contributed by atoms with Crippen LogP contribution in [0.25, 0.3) is 0 Å². The van der Waals surface area contributed by atoms with E-state index in [0.29, 0.717) is 18.5 Å². The molecule has 1 aliphatic rings. The third-order valence-electron chi connectivity index (χ3n) is 3.61. The van der Waals surface area contributed by atoms with Gasteiger partial charge >= 0.3 is 0 Å². The van der Waals surface area contributed by atoms with E-state index in [9.17, 15) is 14.0 Å². The van der Waals surface area contributed by atoms with E-state index >= 15 is 0 Å². The molecular weight excluding hydrogens is 339 g/mol. The zero-order valence-electron chi connectivity index (χ0n) is 12.0. The standard InChI is InChI=1S/C15H18BrFN2O2/c1-3-5-12-15(21)19(13(4-2)14(20)18-12)9-6-7-11(17)10(16)8-9/h6-8,12-13H,3-5H2,1-2H3,(H,18,20). The summed E-state index contributed by atoms with van der Waals surface area (Å²) in [5.74, 6) is -0.691. The summed E-state index contributed by atoms with van der Waals surface area (Å²) >= 11 is 3.12. The number of nitrogens with zero attached hydrogens (tertiary/aromatic N) is 1. The molecule has 0 bridgehead atoms. The summed E-state index contributed by atoms with van der Waals surface area (Å²) in [5.41, 5.74) is 0.538. The van der Waals surface area contributed by atoms with Gasteiger partial charge in [-0.1, -0.05) is 20.3 Å². The first-order valence-electron chi connectivity index (χ1n) is 7.08. The second kappa shape index (κ2) is 6.56. The quantitative estimate of drug-likeness (QED) is 0.901. The summed E-state index contributed by atoms with van der Waals surface area (Å²) in [6.07, 6.45) is 1.90. The van der Waals surface area contributed by atoms with Crippen molar-refractivity contribution in [1.82, 2.24) is 5.32 Å². The maximum absolute atomic E-state index is 13.4. The second-order valence-corrected chi connectivity index (χ2v) is 5.93. The van der Waals surface area contributed by atoms with E-state index < -0.39 is 17.9 Å². The molecular formula is C15H18BrFN2O2. The number of halogens is 2. The Morgan fingerprint density at radius 3 is 2.62 bits per heavy atom. The van der Waals surface area contributed by atoms with E-state index in [-0.39, 0.29) is 16.3 Å². The molecule has 2 rings (SSSR count). The van der Waals surface area contributed by atoms with Crippen LogP contribution in [-0.4, -0.2) is 23.9 Å². The summed E-state index contributed by atoms with van der Waals surface area (Å²) in [4.78, 5) is 26.3. The summed E-state index contributed by atoms with van der Waals surface area (Å²) < 4.78 is 13.7. The number of rotatable bonds is 4. The number of benzene rings is 1. The topological polar surface area (TPSA) is 49.4 Å². The van der Waals surface area contributed by atoms with Crippen LogP contribution in [0.15, 0.2) is 22.7 Å². The van der Waals surface area contributed by atoms with Gasteiger partial charge in [-0.15, -0.1) is 0 Å². The van der Waals surface area contributed by atoms with Gasteiger partial charge in [0.15, 0.2) is 0 Å². The molecule has 0 aliphatic carbocycles. The van der Waals surface area contributed by atoms with Crippen molar-refractivity contribution in [3.8, 4) is 0 Å². The van der Waals surface area contributed by atoms with Gasteiger partial charge in [0.1, 0.15) is 17.9 Å². The van der Waals surface area contributed by atoms with Crippen LogP contribution in [0, 0.1) is 5.82 Å². The van der Waals surface area contributed by atoms with E-state index in [1.807, 2.05) is 13.8 Å². The molecule has 1 aromatic rings. The lowest BCUT2D eigenvalue weighted by atomic mass is 10.0. The van der Waals surface area contributed by atoms with Crippen molar-refractivity contribution in [1.29, 1.82) is 0 Å². The number of hydrogen-bond acceptors (Lipinski definition) is 2. The van der Waals surface area contributed by atoms with Crippen LogP contribution in [0.3, 0.4) is 0 Å². The van der Waals surface area contributed by atoms with Gasteiger partial charge in [0.2, 0.25) is 11.8 Å². The molecule has 1 saturated heterocycles. The fourth-order valence-corrected chi connectivity index (χ4v) is 2.93. The summed E-state index contributed by atoms with van der Waals surface area (Å²) in [6.45, 7) is 3.81. The van der Waals surface area contributed by atoms with Crippen molar-refractivity contribution in [2.75, 3.05) is 4.90 Å². The second-order valence-electron chi connectivity index (χ2n) is 5.08. The van der Waals surface area contributed by atoms with E-state index in [2.05, 4.69) is 21.2 Å². The minimum Gasteiger partial charge on any atom is -0.342 e. The van der Waals surface area contributed by atoms with Crippen molar-refractivity contribution in [3.63, 3.8) is 0 Å². The highest BCUT2D eigenvalue weighted by Gasteiger charge is 2.40. The predicted molar refractivity (Wildman–Crippen MR) is 82.5 cm³/mol. The highest BCUT2D eigenvalue weighted by Crippen LogP contribution is 2.28. The molecule has 1 aromatic carbocycles. The van der Waals surface area contributed by atoms with Gasteiger partial charge in [-0.2, -0.15) is 0 Å². The number of carbonyl (C=O) groups excluding carboxylic acids is 2. The maximum Gasteiger partial charge on any atom is 0.250 e. The third kappa shape index (κ3) is 3.10. The van der Waals surface area contributed by atoms with E-state index in [1.165, 1.54) is 23.1 Å². The molecule has 1 heterocycles. The molecule has 2 amide bonds. The lowest BCUT2D eigenvalue weighted by Gasteiger charge is -2.38. The molecule has 0 aromatic heterocycles. The Bertz CT molecular complexity index is 565. The Kier molecular flexibility index (Phi) is 4.98. The van der Waals surface area contributed by atoms with Crippen LogP contribution in [0.2, 0.25) is 0 Å². The number of hydrogen-bond donors (Lipinski definition) is 1. The van der Waals surface area contributed by atoms with Crippen LogP contribution in [-0.2, 0) is 9.59 Å². The van der Waals surface area contributed by atoms with Gasteiger partial charge < -0.3 is 5.32 Å². The van der Waals surface area contributed by atoms with Crippen molar-refractivity contribution < 1.29 is 14.0 Å². The number of anilines is 1. The zero-order chi connectivity index (χ0) is 15.6. The SMILES string of the molecule is CCCC1NC(=O)C(CC)N(c2ccc(F)c(Br)c2)C1=O. The highest BCUT2D eigenvalue weighted by molar-refractivity contribution is 9.10.